The van der Waals surface area contributed by atoms with Crippen LogP contribution in [0.4, 0.5) is 0 Å². The number of hydrogen-bond acceptors (Lipinski definition) is 1. The molecular weight excluding hydrogens is 264 g/mol. The lowest BCUT2D eigenvalue weighted by Crippen LogP contribution is -2.26. The number of aliphatic hydroxyl groups is 1. The highest BCUT2D eigenvalue weighted by molar-refractivity contribution is 9.10. The highest BCUT2D eigenvalue weighted by Crippen LogP contribution is 2.60. The molecule has 2 atom stereocenters. The fraction of sp³-hybridized carbons (Fsp3) is 0.571. The largest absolute Gasteiger partial charge is 0.396 e. The Kier molecular flexibility index (Phi) is 2.60. The van der Waals surface area contributed by atoms with E-state index in [-0.39, 0.29) is 5.41 Å². The maximum absolute atomic E-state index is 9.69. The zero-order valence-electron chi connectivity index (χ0n) is 9.32. The van der Waals surface area contributed by atoms with Crippen LogP contribution in [0.25, 0.3) is 0 Å². The van der Waals surface area contributed by atoms with Gasteiger partial charge in [-0.2, -0.15) is 0 Å². The molecule has 1 N–H and O–H groups in total. The van der Waals surface area contributed by atoms with E-state index in [0.29, 0.717) is 6.61 Å². The summed E-state index contributed by atoms with van der Waals surface area (Å²) in [5.74, 6) is 1.85. The summed E-state index contributed by atoms with van der Waals surface area (Å²) in [6, 6.07) is 8.40. The number of halogens is 1. The van der Waals surface area contributed by atoms with Crippen molar-refractivity contribution in [2.75, 3.05) is 6.61 Å². The van der Waals surface area contributed by atoms with E-state index in [9.17, 15) is 5.11 Å². The topological polar surface area (TPSA) is 20.2 Å². The molecule has 0 heterocycles. The van der Waals surface area contributed by atoms with Crippen molar-refractivity contribution in [2.24, 2.45) is 17.3 Å². The highest BCUT2D eigenvalue weighted by atomic mass is 79.9. The van der Waals surface area contributed by atoms with Gasteiger partial charge in [-0.05, 0) is 54.6 Å². The monoisotopic (exact) mass is 280 g/mol. The molecule has 2 aliphatic rings. The normalized spacial score (nSPS) is 36.1. The van der Waals surface area contributed by atoms with Crippen LogP contribution in [-0.2, 0) is 6.42 Å². The van der Waals surface area contributed by atoms with E-state index < -0.39 is 0 Å². The van der Waals surface area contributed by atoms with Crippen molar-refractivity contribution in [3.8, 4) is 0 Å². The summed E-state index contributed by atoms with van der Waals surface area (Å²) in [6.07, 6.45) is 4.90. The fourth-order valence-corrected chi connectivity index (χ4v) is 3.81. The van der Waals surface area contributed by atoms with Gasteiger partial charge in [0.15, 0.2) is 0 Å². The number of fused-ring (bicyclic) bond motifs is 1. The van der Waals surface area contributed by atoms with Crippen LogP contribution in [-0.4, -0.2) is 11.7 Å². The summed E-state index contributed by atoms with van der Waals surface area (Å²) in [5, 5.41) is 9.69. The minimum absolute atomic E-state index is 0.178. The molecule has 0 bridgehead atoms. The second-order valence-electron chi connectivity index (χ2n) is 5.59. The molecule has 2 unspecified atom stereocenters. The van der Waals surface area contributed by atoms with Crippen molar-refractivity contribution in [1.29, 1.82) is 0 Å². The Balaban J connectivity index is 1.80. The van der Waals surface area contributed by atoms with Crippen LogP contribution in [0.1, 0.15) is 24.8 Å². The Labute approximate surface area is 105 Å². The summed E-state index contributed by atoms with van der Waals surface area (Å²) in [5.41, 5.74) is 1.52. The van der Waals surface area contributed by atoms with E-state index in [1.54, 1.807) is 0 Å². The van der Waals surface area contributed by atoms with Crippen LogP contribution < -0.4 is 0 Å². The van der Waals surface area contributed by atoms with Crippen LogP contribution >= 0.6 is 15.9 Å². The lowest BCUT2D eigenvalue weighted by molar-refractivity contribution is 0.117. The first-order valence-corrected chi connectivity index (χ1v) is 6.86. The molecule has 1 aromatic carbocycles. The van der Waals surface area contributed by atoms with E-state index in [2.05, 4.69) is 34.1 Å². The van der Waals surface area contributed by atoms with Gasteiger partial charge < -0.3 is 5.11 Å². The molecule has 0 saturated heterocycles. The summed E-state index contributed by atoms with van der Waals surface area (Å²) in [6.45, 7) is 0.349. The standard InChI is InChI=1S/C14H17BrO/c15-13-4-2-1-3-10(13)6-14(9-16)7-11-5-12(11)8-14/h1-4,11-12,16H,5-9H2. The first kappa shape index (κ1) is 10.8. The Bertz CT molecular complexity index is 391. The van der Waals surface area contributed by atoms with Gasteiger partial charge in [-0.3, -0.25) is 0 Å². The summed E-state index contributed by atoms with van der Waals surface area (Å²) in [4.78, 5) is 0. The number of aliphatic hydroxyl groups excluding tert-OH is 1. The van der Waals surface area contributed by atoms with E-state index >= 15 is 0 Å². The number of benzene rings is 1. The van der Waals surface area contributed by atoms with Gasteiger partial charge in [0.25, 0.3) is 0 Å². The maximum atomic E-state index is 9.69. The number of rotatable bonds is 3. The zero-order valence-corrected chi connectivity index (χ0v) is 10.9. The molecule has 86 valence electrons. The van der Waals surface area contributed by atoms with Gasteiger partial charge in [-0.1, -0.05) is 34.1 Å². The molecule has 0 aromatic heterocycles. The molecule has 2 aliphatic carbocycles. The molecule has 3 rings (SSSR count). The van der Waals surface area contributed by atoms with E-state index in [1.807, 2.05) is 6.07 Å². The van der Waals surface area contributed by atoms with Gasteiger partial charge in [-0.15, -0.1) is 0 Å². The minimum atomic E-state index is 0.178. The van der Waals surface area contributed by atoms with Gasteiger partial charge in [0.05, 0.1) is 0 Å². The molecule has 2 saturated carbocycles. The predicted octanol–water partition coefficient (Wildman–Crippen LogP) is 3.40. The molecular formula is C14H17BrO. The number of hydrogen-bond donors (Lipinski definition) is 1. The van der Waals surface area contributed by atoms with Crippen molar-refractivity contribution in [1.82, 2.24) is 0 Å². The quantitative estimate of drug-likeness (QED) is 0.900. The van der Waals surface area contributed by atoms with E-state index in [0.717, 1.165) is 18.3 Å². The summed E-state index contributed by atoms with van der Waals surface area (Å²) < 4.78 is 1.18. The van der Waals surface area contributed by atoms with Gasteiger partial charge >= 0.3 is 0 Å². The smallest absolute Gasteiger partial charge is 0.0490 e. The van der Waals surface area contributed by atoms with Crippen molar-refractivity contribution in [3.05, 3.63) is 34.3 Å². The molecule has 0 amide bonds. The fourth-order valence-electron chi connectivity index (χ4n) is 3.38. The average molecular weight is 281 g/mol. The summed E-state index contributed by atoms with van der Waals surface area (Å²) >= 11 is 3.60. The lowest BCUT2D eigenvalue weighted by atomic mass is 9.78. The van der Waals surface area contributed by atoms with E-state index in [1.165, 1.54) is 29.3 Å². The molecule has 0 radical (unpaired) electrons. The molecule has 1 nitrogen and oxygen atoms in total. The molecule has 0 aliphatic heterocycles. The highest BCUT2D eigenvalue weighted by Gasteiger charge is 2.53. The molecule has 2 fully saturated rings. The SMILES string of the molecule is OCC1(Cc2ccccc2Br)CC2CC2C1. The van der Waals surface area contributed by atoms with Crippen LogP contribution in [0.2, 0.25) is 0 Å². The third-order valence-electron chi connectivity index (χ3n) is 4.32. The first-order valence-electron chi connectivity index (χ1n) is 6.07. The zero-order chi connectivity index (χ0) is 11.2. The molecule has 0 spiro atoms. The third kappa shape index (κ3) is 1.82. The Morgan fingerprint density at radius 2 is 1.94 bits per heavy atom. The van der Waals surface area contributed by atoms with Gasteiger partial charge in [0.2, 0.25) is 0 Å². The van der Waals surface area contributed by atoms with Crippen molar-refractivity contribution in [3.63, 3.8) is 0 Å². The van der Waals surface area contributed by atoms with Gasteiger partial charge in [0.1, 0.15) is 0 Å². The second-order valence-corrected chi connectivity index (χ2v) is 6.44. The minimum Gasteiger partial charge on any atom is -0.396 e. The second kappa shape index (κ2) is 3.85. The van der Waals surface area contributed by atoms with Gasteiger partial charge in [-0.25, -0.2) is 0 Å². The Morgan fingerprint density at radius 3 is 2.56 bits per heavy atom. The van der Waals surface area contributed by atoms with Gasteiger partial charge in [0, 0.05) is 11.1 Å². The van der Waals surface area contributed by atoms with Crippen LogP contribution in [0.3, 0.4) is 0 Å². The van der Waals surface area contributed by atoms with Crippen molar-refractivity contribution >= 4 is 15.9 Å². The van der Waals surface area contributed by atoms with Crippen molar-refractivity contribution in [2.45, 2.75) is 25.7 Å². The predicted molar refractivity (Wildman–Crippen MR) is 68.2 cm³/mol. The Morgan fingerprint density at radius 1 is 1.25 bits per heavy atom. The molecule has 16 heavy (non-hydrogen) atoms. The van der Waals surface area contributed by atoms with Crippen molar-refractivity contribution < 1.29 is 5.11 Å². The van der Waals surface area contributed by atoms with Crippen LogP contribution in [0, 0.1) is 17.3 Å². The average Bonchev–Trinajstić information content (AvgIpc) is 2.91. The maximum Gasteiger partial charge on any atom is 0.0490 e. The molecule has 1 aromatic rings. The lowest BCUT2D eigenvalue weighted by Gasteiger charge is -2.29. The van der Waals surface area contributed by atoms with E-state index in [4.69, 9.17) is 0 Å². The first-order chi connectivity index (χ1) is 7.72. The molecule has 2 heteroatoms. The van der Waals surface area contributed by atoms with Crippen LogP contribution in [0.15, 0.2) is 28.7 Å². The van der Waals surface area contributed by atoms with Crippen LogP contribution in [0.5, 0.6) is 0 Å². The summed E-state index contributed by atoms with van der Waals surface area (Å²) in [7, 11) is 0. The Hall–Kier alpha value is -0.340. The third-order valence-corrected chi connectivity index (χ3v) is 5.09.